The summed E-state index contributed by atoms with van der Waals surface area (Å²) in [6, 6.07) is 5.97. The van der Waals surface area contributed by atoms with E-state index >= 15 is 0 Å². The summed E-state index contributed by atoms with van der Waals surface area (Å²) in [7, 11) is 0. The number of thiazole rings is 1. The van der Waals surface area contributed by atoms with Crippen LogP contribution in [0.5, 0.6) is 0 Å². The highest BCUT2D eigenvalue weighted by Crippen LogP contribution is 2.35. The molecule has 0 bridgehead atoms. The van der Waals surface area contributed by atoms with E-state index in [-0.39, 0.29) is 6.04 Å². The molecule has 194 valence electrons. The number of aromatic nitrogens is 4. The molecule has 2 aliphatic rings. The van der Waals surface area contributed by atoms with Crippen molar-refractivity contribution < 1.29 is 5.11 Å². The zero-order chi connectivity index (χ0) is 25.8. The molecule has 3 aromatic heterocycles. The van der Waals surface area contributed by atoms with Crippen molar-refractivity contribution in [2.75, 3.05) is 43.4 Å². The first-order valence-corrected chi connectivity index (χ1v) is 13.7. The number of aliphatic hydroxyl groups is 1. The quantitative estimate of drug-likeness (QED) is 0.407. The van der Waals surface area contributed by atoms with Crippen LogP contribution in [-0.2, 0) is 6.54 Å². The lowest BCUT2D eigenvalue weighted by molar-refractivity contribution is 0.0577. The highest BCUT2D eigenvalue weighted by Gasteiger charge is 2.37. The molecule has 1 aliphatic carbocycles. The summed E-state index contributed by atoms with van der Waals surface area (Å²) in [5.74, 6) is 1.63. The number of pyridine rings is 1. The highest BCUT2D eigenvalue weighted by molar-refractivity contribution is 7.13. The van der Waals surface area contributed by atoms with Crippen LogP contribution in [0.4, 0.5) is 17.6 Å². The molecule has 10 nitrogen and oxygen atoms in total. The summed E-state index contributed by atoms with van der Waals surface area (Å²) in [5, 5.41) is 29.0. The number of rotatable bonds is 8. The summed E-state index contributed by atoms with van der Waals surface area (Å²) < 4.78 is 0. The van der Waals surface area contributed by atoms with Crippen LogP contribution < -0.4 is 10.6 Å². The van der Waals surface area contributed by atoms with Crippen LogP contribution in [0, 0.1) is 11.3 Å². The Bertz CT molecular complexity index is 1250. The number of nitrogens with zero attached hydrogens (tertiary/aromatic N) is 7. The molecule has 0 unspecified atom stereocenters. The van der Waals surface area contributed by atoms with Crippen LogP contribution in [0.2, 0.25) is 0 Å². The van der Waals surface area contributed by atoms with Gasteiger partial charge in [0, 0.05) is 50.5 Å². The molecule has 2 fully saturated rings. The Labute approximate surface area is 221 Å². The van der Waals surface area contributed by atoms with Gasteiger partial charge in [-0.2, -0.15) is 10.2 Å². The first kappa shape index (κ1) is 25.5. The van der Waals surface area contributed by atoms with Gasteiger partial charge in [-0.15, -0.1) is 11.3 Å². The van der Waals surface area contributed by atoms with Gasteiger partial charge in [0.25, 0.3) is 0 Å². The molecule has 0 aromatic carbocycles. The highest BCUT2D eigenvalue weighted by atomic mass is 32.1. The van der Waals surface area contributed by atoms with Gasteiger partial charge in [-0.3, -0.25) is 4.90 Å². The molecule has 37 heavy (non-hydrogen) atoms. The lowest BCUT2D eigenvalue weighted by atomic mass is 10.0. The Morgan fingerprint density at radius 1 is 1.16 bits per heavy atom. The van der Waals surface area contributed by atoms with Crippen molar-refractivity contribution in [1.29, 1.82) is 5.26 Å². The lowest BCUT2D eigenvalue weighted by Crippen LogP contribution is -2.45. The normalized spacial score (nSPS) is 22.6. The van der Waals surface area contributed by atoms with Crippen LogP contribution in [0.25, 0.3) is 10.6 Å². The zero-order valence-corrected chi connectivity index (χ0v) is 22.1. The molecule has 1 saturated carbocycles. The molecule has 0 spiro atoms. The smallest absolute Gasteiger partial charge is 0.230 e. The predicted octanol–water partition coefficient (Wildman–Crippen LogP) is 3.46. The van der Waals surface area contributed by atoms with Crippen LogP contribution in [0.3, 0.4) is 0 Å². The maximum atomic E-state index is 10.8. The maximum Gasteiger partial charge on any atom is 0.230 e. The van der Waals surface area contributed by atoms with Gasteiger partial charge in [0.2, 0.25) is 5.95 Å². The summed E-state index contributed by atoms with van der Waals surface area (Å²) >= 11 is 1.37. The van der Waals surface area contributed by atoms with Gasteiger partial charge >= 0.3 is 0 Å². The Balaban J connectivity index is 1.31. The molecule has 3 aromatic rings. The van der Waals surface area contributed by atoms with Gasteiger partial charge in [0.05, 0.1) is 17.2 Å². The molecule has 4 heterocycles. The van der Waals surface area contributed by atoms with Crippen LogP contribution in [-0.4, -0.2) is 79.2 Å². The van der Waals surface area contributed by atoms with Crippen LogP contribution in [0.15, 0.2) is 29.9 Å². The zero-order valence-electron chi connectivity index (χ0n) is 21.3. The van der Waals surface area contributed by atoms with Gasteiger partial charge in [0.15, 0.2) is 5.69 Å². The number of anilines is 3. The molecular weight excluding hydrogens is 486 g/mol. The van der Waals surface area contributed by atoms with E-state index in [0.29, 0.717) is 33.8 Å². The van der Waals surface area contributed by atoms with Crippen LogP contribution >= 0.6 is 11.3 Å². The Morgan fingerprint density at radius 2 is 1.97 bits per heavy atom. The molecule has 1 aliphatic heterocycles. The van der Waals surface area contributed by atoms with E-state index in [0.717, 1.165) is 58.5 Å². The molecule has 5 rings (SSSR count). The second kappa shape index (κ2) is 11.1. The van der Waals surface area contributed by atoms with E-state index in [2.05, 4.69) is 54.4 Å². The minimum absolute atomic E-state index is 0.138. The average molecular weight is 520 g/mol. The molecule has 2 atom stereocenters. The van der Waals surface area contributed by atoms with Gasteiger partial charge in [-0.1, -0.05) is 13.0 Å². The van der Waals surface area contributed by atoms with E-state index in [9.17, 15) is 10.4 Å². The van der Waals surface area contributed by atoms with Gasteiger partial charge in [-0.05, 0) is 44.4 Å². The van der Waals surface area contributed by atoms with E-state index in [1.807, 2.05) is 19.2 Å². The Hall–Kier alpha value is -3.17. The predicted molar refractivity (Wildman–Crippen MR) is 145 cm³/mol. The molecule has 0 amide bonds. The third-order valence-electron chi connectivity index (χ3n) is 7.26. The first-order chi connectivity index (χ1) is 17.9. The fourth-order valence-electron chi connectivity index (χ4n) is 4.93. The second-order valence-corrected chi connectivity index (χ2v) is 10.8. The molecule has 11 heteroatoms. The fourth-order valence-corrected chi connectivity index (χ4v) is 5.68. The maximum absolute atomic E-state index is 10.8. The second-order valence-electron chi connectivity index (χ2n) is 9.94. The number of likely N-dealkylation sites (N-methyl/N-ethyl adjacent to an activating group) is 1. The third kappa shape index (κ3) is 6.05. The first-order valence-electron chi connectivity index (χ1n) is 12.8. The number of hydrogen-bond donors (Lipinski definition) is 3. The van der Waals surface area contributed by atoms with E-state index in [4.69, 9.17) is 4.98 Å². The van der Waals surface area contributed by atoms with Crippen molar-refractivity contribution in [1.82, 2.24) is 29.7 Å². The van der Waals surface area contributed by atoms with E-state index in [1.54, 1.807) is 11.6 Å². The van der Waals surface area contributed by atoms with Crippen molar-refractivity contribution in [3.63, 3.8) is 0 Å². The molecular formula is C26H33N9OS. The number of nitriles is 1. The van der Waals surface area contributed by atoms with Crippen molar-refractivity contribution in [3.05, 3.63) is 41.2 Å². The third-order valence-corrected chi connectivity index (χ3v) is 8.13. The summed E-state index contributed by atoms with van der Waals surface area (Å²) in [5.41, 5.74) is 1.41. The summed E-state index contributed by atoms with van der Waals surface area (Å²) in [4.78, 5) is 23.1. The number of hydrogen-bond acceptors (Lipinski definition) is 11. The van der Waals surface area contributed by atoms with Crippen LogP contribution in [0.1, 0.15) is 44.4 Å². The van der Waals surface area contributed by atoms with Gasteiger partial charge < -0.3 is 20.6 Å². The minimum atomic E-state index is -0.822. The molecule has 3 N–H and O–H groups in total. The van der Waals surface area contributed by atoms with Crippen molar-refractivity contribution >= 4 is 28.9 Å². The molecule has 1 saturated heterocycles. The molecule has 0 radical (unpaired) electrons. The van der Waals surface area contributed by atoms with Gasteiger partial charge in [-0.25, -0.2) is 15.0 Å². The average Bonchev–Trinajstić information content (AvgIpc) is 3.52. The SMILES string of the molecule is CCN1CCN(Cc2ccc(Nc3ncc(-c4nc(C#N)cs4)c(N[C@@H]4CCC[C@@]4(C)O)n3)nc2)CC1. The number of piperazine rings is 1. The van der Waals surface area contributed by atoms with Crippen molar-refractivity contribution in [2.45, 2.75) is 51.3 Å². The fraction of sp³-hybridized carbons (Fsp3) is 0.500. The lowest BCUT2D eigenvalue weighted by Gasteiger charge is -2.33. The van der Waals surface area contributed by atoms with Crippen molar-refractivity contribution in [3.8, 4) is 16.6 Å². The number of nitrogens with one attached hydrogen (secondary N) is 2. The monoisotopic (exact) mass is 519 g/mol. The Kier molecular flexibility index (Phi) is 7.62. The van der Waals surface area contributed by atoms with Crippen molar-refractivity contribution in [2.24, 2.45) is 0 Å². The summed E-state index contributed by atoms with van der Waals surface area (Å²) in [6.07, 6.45) is 6.12. The minimum Gasteiger partial charge on any atom is -0.388 e. The largest absolute Gasteiger partial charge is 0.388 e. The standard InChI is InChI=1S/C26H33N9OS/c1-3-34-9-11-35(12-10-34)16-18-6-7-22(28-14-18)32-25-29-15-20(24-30-19(13-27)17-37-24)23(33-25)31-21-5-4-8-26(21,2)36/h6-7,14-15,17,21,36H,3-5,8-12,16H2,1-2H3,(H2,28,29,31,32,33)/t21-,26-/m1/s1. The van der Waals surface area contributed by atoms with Gasteiger partial charge in [0.1, 0.15) is 22.7 Å². The van der Waals surface area contributed by atoms with E-state index < -0.39 is 5.60 Å². The topological polar surface area (TPSA) is 126 Å². The summed E-state index contributed by atoms with van der Waals surface area (Å²) in [6.45, 7) is 10.4. The Morgan fingerprint density at radius 3 is 2.62 bits per heavy atom. The van der Waals surface area contributed by atoms with E-state index in [1.165, 1.54) is 16.9 Å².